The van der Waals surface area contributed by atoms with E-state index in [0.29, 0.717) is 17.2 Å². The molecule has 1 amide bonds. The molecule has 0 spiro atoms. The van der Waals surface area contributed by atoms with Crippen molar-refractivity contribution >= 4 is 23.7 Å². The molecule has 184 valence electrons. The van der Waals surface area contributed by atoms with Crippen molar-refractivity contribution in [3.05, 3.63) is 51.2 Å². The van der Waals surface area contributed by atoms with E-state index < -0.39 is 0 Å². The summed E-state index contributed by atoms with van der Waals surface area (Å²) >= 11 is 1.45. The highest BCUT2D eigenvalue weighted by Crippen LogP contribution is 2.40. The van der Waals surface area contributed by atoms with Crippen molar-refractivity contribution in [2.75, 3.05) is 6.54 Å². The van der Waals surface area contributed by atoms with Crippen molar-refractivity contribution in [2.24, 2.45) is 0 Å². The molecule has 2 aromatic rings. The SMILES string of the molecule is CC(C)(C)c1cc(C=C2SC=CN(CCCCCCc3nn[nH]n3)C2=O)cc(C(C)(C)C)c1O. The topological polar surface area (TPSA) is 95.0 Å². The minimum absolute atomic E-state index is 0.0296. The summed E-state index contributed by atoms with van der Waals surface area (Å²) in [5.74, 6) is 1.13. The number of H-pyrrole nitrogens is 1. The number of carbonyl (C=O) groups excluding carboxylic acids is 1. The number of phenols is 1. The predicted octanol–water partition coefficient (Wildman–Crippen LogP) is 5.69. The fourth-order valence-electron chi connectivity index (χ4n) is 3.95. The van der Waals surface area contributed by atoms with Crippen LogP contribution in [0.25, 0.3) is 6.08 Å². The number of nitrogens with one attached hydrogen (secondary N) is 1. The fourth-order valence-corrected chi connectivity index (χ4v) is 4.73. The molecule has 0 radical (unpaired) electrons. The van der Waals surface area contributed by atoms with E-state index in [1.807, 2.05) is 29.8 Å². The van der Waals surface area contributed by atoms with Gasteiger partial charge in [0.15, 0.2) is 5.82 Å². The molecule has 0 unspecified atom stereocenters. The normalized spacial score (nSPS) is 16.0. The van der Waals surface area contributed by atoms with Gasteiger partial charge in [-0.15, -0.1) is 10.2 Å². The number of aromatic amines is 1. The first-order valence-electron chi connectivity index (χ1n) is 11.9. The largest absolute Gasteiger partial charge is 0.507 e. The third-order valence-electron chi connectivity index (χ3n) is 5.89. The number of hydrogen-bond donors (Lipinski definition) is 2. The number of thioether (sulfide) groups is 1. The summed E-state index contributed by atoms with van der Waals surface area (Å²) in [4.78, 5) is 15.6. The van der Waals surface area contributed by atoms with E-state index in [1.165, 1.54) is 11.8 Å². The second kappa shape index (κ2) is 10.8. The van der Waals surface area contributed by atoms with E-state index in [2.05, 4.69) is 62.2 Å². The Kier molecular flexibility index (Phi) is 8.23. The molecule has 3 rings (SSSR count). The van der Waals surface area contributed by atoms with Crippen LogP contribution in [-0.2, 0) is 22.0 Å². The van der Waals surface area contributed by atoms with Gasteiger partial charge in [0.1, 0.15) is 5.75 Å². The molecule has 0 fully saturated rings. The number of aromatic nitrogens is 4. The Morgan fingerprint density at radius 2 is 1.68 bits per heavy atom. The maximum atomic E-state index is 13.1. The van der Waals surface area contributed by atoms with Crippen molar-refractivity contribution in [1.29, 1.82) is 0 Å². The van der Waals surface area contributed by atoms with Gasteiger partial charge in [-0.3, -0.25) is 4.79 Å². The van der Waals surface area contributed by atoms with E-state index in [9.17, 15) is 9.90 Å². The summed E-state index contributed by atoms with van der Waals surface area (Å²) in [7, 11) is 0. The Bertz CT molecular complexity index is 1010. The van der Waals surface area contributed by atoms with Crippen LogP contribution in [0.3, 0.4) is 0 Å². The molecule has 8 heteroatoms. The number of nitrogens with zero attached hydrogens (tertiary/aromatic N) is 4. The van der Waals surface area contributed by atoms with Gasteiger partial charge in [-0.1, -0.05) is 71.4 Å². The number of aryl methyl sites for hydroxylation is 1. The summed E-state index contributed by atoms with van der Waals surface area (Å²) in [6, 6.07) is 4.02. The highest BCUT2D eigenvalue weighted by molar-refractivity contribution is 8.06. The molecule has 1 aromatic carbocycles. The number of unbranched alkanes of at least 4 members (excludes halogenated alkanes) is 3. The highest BCUT2D eigenvalue weighted by Gasteiger charge is 2.27. The first-order valence-corrected chi connectivity index (χ1v) is 12.8. The lowest BCUT2D eigenvalue weighted by Gasteiger charge is -2.28. The number of aromatic hydroxyl groups is 1. The van der Waals surface area contributed by atoms with E-state index in [-0.39, 0.29) is 16.7 Å². The smallest absolute Gasteiger partial charge is 0.264 e. The van der Waals surface area contributed by atoms with Gasteiger partial charge in [-0.2, -0.15) is 5.21 Å². The van der Waals surface area contributed by atoms with Crippen molar-refractivity contribution < 1.29 is 9.90 Å². The zero-order valence-corrected chi connectivity index (χ0v) is 22.0. The minimum Gasteiger partial charge on any atom is -0.507 e. The quantitative estimate of drug-likeness (QED) is 0.370. The zero-order chi connectivity index (χ0) is 24.9. The molecular formula is C26H37N5O2S. The Balaban J connectivity index is 1.67. The number of carbonyl (C=O) groups is 1. The Morgan fingerprint density at radius 1 is 1.03 bits per heavy atom. The van der Waals surface area contributed by atoms with Gasteiger partial charge >= 0.3 is 0 Å². The fraction of sp³-hybridized carbons (Fsp3) is 0.538. The van der Waals surface area contributed by atoms with Crippen LogP contribution in [-0.4, -0.2) is 43.1 Å². The van der Waals surface area contributed by atoms with E-state index in [4.69, 9.17) is 0 Å². The van der Waals surface area contributed by atoms with Crippen molar-refractivity contribution in [2.45, 2.75) is 84.5 Å². The summed E-state index contributed by atoms with van der Waals surface area (Å²) in [5.41, 5.74) is 2.32. The van der Waals surface area contributed by atoms with Crippen LogP contribution in [0.5, 0.6) is 5.75 Å². The molecular weight excluding hydrogens is 446 g/mol. The van der Waals surface area contributed by atoms with Gasteiger partial charge in [0, 0.05) is 30.3 Å². The van der Waals surface area contributed by atoms with Crippen molar-refractivity contribution in [3.8, 4) is 5.75 Å². The maximum absolute atomic E-state index is 13.1. The van der Waals surface area contributed by atoms with Crippen molar-refractivity contribution in [1.82, 2.24) is 25.5 Å². The summed E-state index contributed by atoms with van der Waals surface area (Å²) in [5, 5.41) is 26.9. The third-order valence-corrected chi connectivity index (χ3v) is 6.70. The van der Waals surface area contributed by atoms with Crippen LogP contribution in [0.4, 0.5) is 0 Å². The van der Waals surface area contributed by atoms with Gasteiger partial charge in [-0.25, -0.2) is 0 Å². The second-order valence-electron chi connectivity index (χ2n) is 10.9. The highest BCUT2D eigenvalue weighted by atomic mass is 32.2. The van der Waals surface area contributed by atoms with Crippen LogP contribution in [0.15, 0.2) is 28.6 Å². The molecule has 0 saturated heterocycles. The summed E-state index contributed by atoms with van der Waals surface area (Å²) in [6.45, 7) is 13.3. The summed E-state index contributed by atoms with van der Waals surface area (Å²) in [6.07, 6.45) is 8.72. The van der Waals surface area contributed by atoms with Crippen molar-refractivity contribution in [3.63, 3.8) is 0 Å². The molecule has 1 aliphatic heterocycles. The first-order chi connectivity index (χ1) is 16.0. The summed E-state index contributed by atoms with van der Waals surface area (Å²) < 4.78 is 0. The Hall–Kier alpha value is -2.61. The van der Waals surface area contributed by atoms with Crippen LogP contribution in [0.2, 0.25) is 0 Å². The molecule has 0 atom stereocenters. The van der Waals surface area contributed by atoms with Gasteiger partial charge in [0.05, 0.1) is 4.91 Å². The zero-order valence-electron chi connectivity index (χ0n) is 21.2. The second-order valence-corrected chi connectivity index (χ2v) is 11.8. The third kappa shape index (κ3) is 6.72. The molecule has 0 aliphatic carbocycles. The first kappa shape index (κ1) is 26.0. The molecule has 1 aliphatic rings. The van der Waals surface area contributed by atoms with Crippen LogP contribution in [0.1, 0.15) is 89.7 Å². The van der Waals surface area contributed by atoms with E-state index in [0.717, 1.165) is 54.6 Å². The van der Waals surface area contributed by atoms with Crippen LogP contribution >= 0.6 is 11.8 Å². The molecule has 2 heterocycles. The van der Waals surface area contributed by atoms with Gasteiger partial charge in [-0.05, 0) is 52.9 Å². The minimum atomic E-state index is -0.210. The number of rotatable bonds is 8. The number of amides is 1. The molecule has 0 saturated carbocycles. The average Bonchev–Trinajstić information content (AvgIpc) is 3.26. The average molecular weight is 484 g/mol. The predicted molar refractivity (Wildman–Crippen MR) is 138 cm³/mol. The standard InChI is InChI=1S/C26H37N5O2S/c1-25(2,3)19-15-18(16-20(23(19)32)26(4,5)6)17-21-24(33)31(13-14-34-21)12-10-8-7-9-11-22-27-29-30-28-22/h13-17,32H,7-12H2,1-6H3,(H,27,28,29,30). The monoisotopic (exact) mass is 483 g/mol. The molecule has 7 nitrogen and oxygen atoms in total. The number of benzene rings is 1. The lowest BCUT2D eigenvalue weighted by Crippen LogP contribution is -2.29. The van der Waals surface area contributed by atoms with Gasteiger partial charge < -0.3 is 10.0 Å². The molecule has 2 N–H and O–H groups in total. The molecule has 1 aromatic heterocycles. The number of phenolic OH excluding ortho intramolecular Hbond substituents is 1. The number of hydrogen-bond acceptors (Lipinski definition) is 6. The lowest BCUT2D eigenvalue weighted by atomic mass is 9.78. The Morgan fingerprint density at radius 3 is 2.26 bits per heavy atom. The molecule has 0 bridgehead atoms. The van der Waals surface area contributed by atoms with E-state index in [1.54, 1.807) is 4.90 Å². The Labute approximate surface area is 207 Å². The number of tetrazole rings is 1. The van der Waals surface area contributed by atoms with Gasteiger partial charge in [0.25, 0.3) is 5.91 Å². The van der Waals surface area contributed by atoms with Gasteiger partial charge in [0.2, 0.25) is 0 Å². The van der Waals surface area contributed by atoms with Crippen LogP contribution < -0.4 is 0 Å². The van der Waals surface area contributed by atoms with E-state index >= 15 is 0 Å². The molecule has 34 heavy (non-hydrogen) atoms. The van der Waals surface area contributed by atoms with Crippen LogP contribution in [0, 0.1) is 0 Å². The lowest BCUT2D eigenvalue weighted by molar-refractivity contribution is -0.124. The maximum Gasteiger partial charge on any atom is 0.264 e.